The molecule has 2 unspecified atom stereocenters. The predicted molar refractivity (Wildman–Crippen MR) is 68.4 cm³/mol. The maximum Gasteiger partial charge on any atom is 0.123 e. The van der Waals surface area contributed by atoms with Crippen LogP contribution < -0.4 is 5.32 Å². The van der Waals surface area contributed by atoms with Gasteiger partial charge >= 0.3 is 0 Å². The monoisotopic (exact) mass is 236 g/mol. The van der Waals surface area contributed by atoms with Crippen molar-refractivity contribution >= 4 is 0 Å². The van der Waals surface area contributed by atoms with Crippen molar-refractivity contribution in [2.75, 3.05) is 14.1 Å². The Morgan fingerprint density at radius 1 is 1.29 bits per heavy atom. The molecule has 0 radical (unpaired) electrons. The van der Waals surface area contributed by atoms with E-state index in [9.17, 15) is 4.39 Å². The van der Waals surface area contributed by atoms with Crippen molar-refractivity contribution in [3.8, 4) is 0 Å². The van der Waals surface area contributed by atoms with E-state index in [0.717, 1.165) is 6.54 Å². The second-order valence-electron chi connectivity index (χ2n) is 4.99. The molecule has 1 aromatic carbocycles. The van der Waals surface area contributed by atoms with Gasteiger partial charge in [0, 0.05) is 18.6 Å². The molecule has 2 rings (SSSR count). The first-order valence-electron chi connectivity index (χ1n) is 6.31. The number of hydrogen-bond donors (Lipinski definition) is 1. The van der Waals surface area contributed by atoms with Gasteiger partial charge in [0.15, 0.2) is 0 Å². The van der Waals surface area contributed by atoms with Gasteiger partial charge in [-0.1, -0.05) is 12.1 Å². The van der Waals surface area contributed by atoms with Crippen LogP contribution in [0.4, 0.5) is 4.39 Å². The summed E-state index contributed by atoms with van der Waals surface area (Å²) in [5, 5.41) is 3.34. The van der Waals surface area contributed by atoms with Crippen LogP contribution in [-0.4, -0.2) is 31.1 Å². The Labute approximate surface area is 103 Å². The zero-order valence-corrected chi connectivity index (χ0v) is 10.6. The molecule has 94 valence electrons. The molecule has 0 bridgehead atoms. The number of nitrogens with one attached hydrogen (secondary N) is 1. The zero-order chi connectivity index (χ0) is 12.3. The molecule has 1 N–H and O–H groups in total. The summed E-state index contributed by atoms with van der Waals surface area (Å²) in [6.45, 7) is 0.904. The highest BCUT2D eigenvalue weighted by molar-refractivity contribution is 5.16. The van der Waals surface area contributed by atoms with Crippen molar-refractivity contribution in [3.63, 3.8) is 0 Å². The van der Waals surface area contributed by atoms with Crippen LogP contribution in [-0.2, 0) is 6.54 Å². The molecule has 1 aliphatic rings. The van der Waals surface area contributed by atoms with E-state index in [4.69, 9.17) is 0 Å². The minimum Gasteiger partial charge on any atom is -0.317 e. The lowest BCUT2D eigenvalue weighted by atomic mass is 10.1. The number of hydrogen-bond acceptors (Lipinski definition) is 2. The fourth-order valence-corrected chi connectivity index (χ4v) is 2.63. The number of nitrogens with zero attached hydrogens (tertiary/aromatic N) is 1. The quantitative estimate of drug-likeness (QED) is 0.863. The van der Waals surface area contributed by atoms with E-state index in [0.29, 0.717) is 12.1 Å². The third kappa shape index (κ3) is 3.27. The van der Waals surface area contributed by atoms with Crippen LogP contribution in [0.1, 0.15) is 24.8 Å². The van der Waals surface area contributed by atoms with Crippen LogP contribution in [0.25, 0.3) is 0 Å². The molecule has 0 saturated heterocycles. The summed E-state index contributed by atoms with van der Waals surface area (Å²) in [5.74, 6) is -0.160. The first-order chi connectivity index (χ1) is 8.19. The van der Waals surface area contributed by atoms with Gasteiger partial charge in [-0.25, -0.2) is 4.39 Å². The molecule has 17 heavy (non-hydrogen) atoms. The molecule has 1 saturated carbocycles. The molecule has 0 aliphatic heterocycles. The van der Waals surface area contributed by atoms with E-state index in [-0.39, 0.29) is 5.82 Å². The molecular weight excluding hydrogens is 215 g/mol. The molecule has 1 aromatic rings. The largest absolute Gasteiger partial charge is 0.317 e. The molecule has 2 atom stereocenters. The number of halogens is 1. The molecule has 1 aliphatic carbocycles. The van der Waals surface area contributed by atoms with Gasteiger partial charge in [0.1, 0.15) is 5.82 Å². The fraction of sp³-hybridized carbons (Fsp3) is 0.571. The van der Waals surface area contributed by atoms with Crippen molar-refractivity contribution in [2.24, 2.45) is 0 Å². The first-order valence-corrected chi connectivity index (χ1v) is 6.31. The third-order valence-corrected chi connectivity index (χ3v) is 3.78. The van der Waals surface area contributed by atoms with E-state index in [1.807, 2.05) is 19.2 Å². The lowest BCUT2D eigenvalue weighted by Gasteiger charge is -2.24. The van der Waals surface area contributed by atoms with E-state index in [1.54, 1.807) is 0 Å². The summed E-state index contributed by atoms with van der Waals surface area (Å²) in [7, 11) is 4.19. The van der Waals surface area contributed by atoms with Crippen molar-refractivity contribution in [1.29, 1.82) is 0 Å². The van der Waals surface area contributed by atoms with E-state index < -0.39 is 0 Å². The SMILES string of the molecule is CNC1CCC(N(C)Cc2ccc(F)cc2)C1. The lowest BCUT2D eigenvalue weighted by Crippen LogP contribution is -2.31. The van der Waals surface area contributed by atoms with Crippen LogP contribution in [0.3, 0.4) is 0 Å². The second kappa shape index (κ2) is 5.61. The van der Waals surface area contributed by atoms with Gasteiger partial charge in [-0.15, -0.1) is 0 Å². The fourth-order valence-electron chi connectivity index (χ4n) is 2.63. The molecule has 0 heterocycles. The van der Waals surface area contributed by atoms with Crippen LogP contribution in [0, 0.1) is 5.82 Å². The Balaban J connectivity index is 1.89. The van der Waals surface area contributed by atoms with Crippen molar-refractivity contribution in [3.05, 3.63) is 35.6 Å². The molecule has 0 amide bonds. The van der Waals surface area contributed by atoms with Gasteiger partial charge in [0.2, 0.25) is 0 Å². The third-order valence-electron chi connectivity index (χ3n) is 3.78. The van der Waals surface area contributed by atoms with Crippen molar-refractivity contribution in [1.82, 2.24) is 10.2 Å². The minimum absolute atomic E-state index is 0.160. The van der Waals surface area contributed by atoms with E-state index >= 15 is 0 Å². The van der Waals surface area contributed by atoms with Gasteiger partial charge in [0.25, 0.3) is 0 Å². The number of benzene rings is 1. The Morgan fingerprint density at radius 2 is 2.00 bits per heavy atom. The van der Waals surface area contributed by atoms with Crippen LogP contribution in [0.5, 0.6) is 0 Å². The van der Waals surface area contributed by atoms with Gasteiger partial charge in [-0.05, 0) is 51.1 Å². The Kier molecular flexibility index (Phi) is 4.13. The summed E-state index contributed by atoms with van der Waals surface area (Å²) < 4.78 is 12.8. The summed E-state index contributed by atoms with van der Waals surface area (Å²) in [4.78, 5) is 2.38. The zero-order valence-electron chi connectivity index (χ0n) is 10.6. The predicted octanol–water partition coefficient (Wildman–Crippen LogP) is 2.40. The summed E-state index contributed by atoms with van der Waals surface area (Å²) in [5.41, 5.74) is 1.18. The smallest absolute Gasteiger partial charge is 0.123 e. The van der Waals surface area contributed by atoms with Gasteiger partial charge < -0.3 is 5.32 Å². The molecule has 3 heteroatoms. The van der Waals surface area contributed by atoms with Crippen molar-refractivity contribution < 1.29 is 4.39 Å². The highest BCUT2D eigenvalue weighted by atomic mass is 19.1. The second-order valence-corrected chi connectivity index (χ2v) is 4.99. The van der Waals surface area contributed by atoms with Gasteiger partial charge in [-0.2, -0.15) is 0 Å². The highest BCUT2D eigenvalue weighted by Gasteiger charge is 2.26. The molecule has 0 aromatic heterocycles. The molecule has 0 spiro atoms. The number of rotatable bonds is 4. The minimum atomic E-state index is -0.160. The highest BCUT2D eigenvalue weighted by Crippen LogP contribution is 2.24. The Bertz CT molecular complexity index is 350. The van der Waals surface area contributed by atoms with Gasteiger partial charge in [0.05, 0.1) is 0 Å². The van der Waals surface area contributed by atoms with Gasteiger partial charge in [-0.3, -0.25) is 4.90 Å². The molecule has 1 fully saturated rings. The maximum absolute atomic E-state index is 12.8. The average Bonchev–Trinajstić information content (AvgIpc) is 2.81. The molecule has 2 nitrogen and oxygen atoms in total. The lowest BCUT2D eigenvalue weighted by molar-refractivity contribution is 0.234. The Morgan fingerprint density at radius 3 is 2.59 bits per heavy atom. The Hall–Kier alpha value is -0.930. The maximum atomic E-state index is 12.8. The topological polar surface area (TPSA) is 15.3 Å². The first kappa shape index (κ1) is 12.5. The standard InChI is InChI=1S/C14H21FN2/c1-16-13-7-8-14(9-13)17(2)10-11-3-5-12(15)6-4-11/h3-6,13-14,16H,7-10H2,1-2H3. The summed E-state index contributed by atoms with van der Waals surface area (Å²) in [6.07, 6.45) is 3.73. The van der Waals surface area contributed by atoms with Crippen LogP contribution in [0.15, 0.2) is 24.3 Å². The average molecular weight is 236 g/mol. The van der Waals surface area contributed by atoms with E-state index in [1.165, 1.54) is 37.0 Å². The van der Waals surface area contributed by atoms with Crippen LogP contribution >= 0.6 is 0 Å². The normalized spacial score (nSPS) is 24.5. The van der Waals surface area contributed by atoms with Crippen LogP contribution in [0.2, 0.25) is 0 Å². The van der Waals surface area contributed by atoms with Crippen molar-refractivity contribution in [2.45, 2.75) is 37.9 Å². The summed E-state index contributed by atoms with van der Waals surface area (Å²) in [6, 6.07) is 8.13. The van der Waals surface area contributed by atoms with E-state index in [2.05, 4.69) is 17.3 Å². The summed E-state index contributed by atoms with van der Waals surface area (Å²) >= 11 is 0. The molecular formula is C14H21FN2.